The van der Waals surface area contributed by atoms with E-state index < -0.39 is 11.7 Å². The Balaban J connectivity index is 1.48. The van der Waals surface area contributed by atoms with E-state index in [1.54, 1.807) is 11.0 Å². The van der Waals surface area contributed by atoms with Gasteiger partial charge in [-0.3, -0.25) is 9.69 Å². The van der Waals surface area contributed by atoms with Crippen molar-refractivity contribution in [1.82, 2.24) is 9.80 Å². The number of rotatable bonds is 6. The number of halogens is 3. The molecule has 29 heavy (non-hydrogen) atoms. The van der Waals surface area contributed by atoms with Crippen LogP contribution in [0.15, 0.2) is 48.5 Å². The Labute approximate surface area is 170 Å². The molecule has 3 nitrogen and oxygen atoms in total. The number of hydrogen-bond acceptors (Lipinski definition) is 2. The van der Waals surface area contributed by atoms with Crippen molar-refractivity contribution in [1.29, 1.82) is 0 Å². The molecule has 0 atom stereocenters. The average molecular weight is 404 g/mol. The normalized spacial score (nSPS) is 15.5. The van der Waals surface area contributed by atoms with Crippen molar-refractivity contribution in [2.45, 2.75) is 38.9 Å². The minimum Gasteiger partial charge on any atom is -0.340 e. The van der Waals surface area contributed by atoms with Crippen molar-refractivity contribution in [3.8, 4) is 0 Å². The number of amides is 1. The monoisotopic (exact) mass is 404 g/mol. The van der Waals surface area contributed by atoms with E-state index in [1.165, 1.54) is 23.3 Å². The smallest absolute Gasteiger partial charge is 0.340 e. The Morgan fingerprint density at radius 1 is 0.931 bits per heavy atom. The summed E-state index contributed by atoms with van der Waals surface area (Å²) in [4.78, 5) is 16.6. The zero-order valence-electron chi connectivity index (χ0n) is 16.7. The molecular weight excluding hydrogens is 377 g/mol. The van der Waals surface area contributed by atoms with Gasteiger partial charge in [0.25, 0.3) is 0 Å². The lowest BCUT2D eigenvalue weighted by Crippen LogP contribution is -2.48. The number of benzene rings is 2. The first kappa shape index (κ1) is 21.4. The molecule has 0 saturated carbocycles. The van der Waals surface area contributed by atoms with E-state index in [4.69, 9.17) is 0 Å². The predicted molar refractivity (Wildman–Crippen MR) is 107 cm³/mol. The van der Waals surface area contributed by atoms with Crippen LogP contribution in [0.4, 0.5) is 13.2 Å². The number of alkyl halides is 3. The van der Waals surface area contributed by atoms with E-state index >= 15 is 0 Å². The molecule has 0 unspecified atom stereocenters. The van der Waals surface area contributed by atoms with Crippen LogP contribution in [0.3, 0.4) is 0 Å². The van der Waals surface area contributed by atoms with Crippen LogP contribution >= 0.6 is 0 Å². The molecule has 156 valence electrons. The Bertz CT molecular complexity index is 810. The molecule has 1 fully saturated rings. The highest BCUT2D eigenvalue weighted by molar-refractivity contribution is 5.76. The second kappa shape index (κ2) is 9.44. The lowest BCUT2D eigenvalue weighted by atomic mass is 10.0. The Morgan fingerprint density at radius 2 is 1.55 bits per heavy atom. The van der Waals surface area contributed by atoms with Crippen LogP contribution in [0.2, 0.25) is 0 Å². The molecule has 0 bridgehead atoms. The van der Waals surface area contributed by atoms with Gasteiger partial charge in [-0.1, -0.05) is 49.4 Å². The lowest BCUT2D eigenvalue weighted by Gasteiger charge is -2.35. The van der Waals surface area contributed by atoms with Gasteiger partial charge >= 0.3 is 6.18 Å². The van der Waals surface area contributed by atoms with Crippen LogP contribution in [0.1, 0.15) is 35.6 Å². The molecule has 2 aromatic carbocycles. The zero-order valence-corrected chi connectivity index (χ0v) is 16.7. The Hall–Kier alpha value is -2.34. The summed E-state index contributed by atoms with van der Waals surface area (Å²) in [5.74, 6) is -0.0751. The van der Waals surface area contributed by atoms with Gasteiger partial charge in [0.2, 0.25) is 5.91 Å². The third-order valence-corrected chi connectivity index (χ3v) is 5.49. The van der Waals surface area contributed by atoms with Crippen molar-refractivity contribution in [3.63, 3.8) is 0 Å². The highest BCUT2D eigenvalue weighted by Crippen LogP contribution is 2.32. The summed E-state index contributed by atoms with van der Waals surface area (Å²) in [7, 11) is 0. The second-order valence-corrected chi connectivity index (χ2v) is 7.48. The molecule has 6 heteroatoms. The summed E-state index contributed by atoms with van der Waals surface area (Å²) in [6, 6.07) is 14.1. The fourth-order valence-corrected chi connectivity index (χ4v) is 3.71. The largest absolute Gasteiger partial charge is 0.416 e. The molecule has 2 aromatic rings. The van der Waals surface area contributed by atoms with E-state index in [0.717, 1.165) is 32.1 Å². The van der Waals surface area contributed by atoms with E-state index in [2.05, 4.69) is 36.1 Å². The van der Waals surface area contributed by atoms with Gasteiger partial charge in [0.1, 0.15) is 0 Å². The van der Waals surface area contributed by atoms with E-state index in [0.29, 0.717) is 13.1 Å². The SMILES string of the molecule is CCc1ccc(CN2CCN(C(=O)CCc3ccccc3C(F)(F)F)CC2)cc1. The molecular formula is C23H27F3N2O. The number of piperazine rings is 1. The fraction of sp³-hybridized carbons (Fsp3) is 0.435. The van der Waals surface area contributed by atoms with Crippen molar-refractivity contribution >= 4 is 5.91 Å². The molecule has 1 amide bonds. The average Bonchev–Trinajstić information content (AvgIpc) is 2.72. The molecule has 0 aromatic heterocycles. The van der Waals surface area contributed by atoms with Crippen molar-refractivity contribution in [3.05, 3.63) is 70.8 Å². The van der Waals surface area contributed by atoms with Gasteiger partial charge in [0.15, 0.2) is 0 Å². The summed E-state index contributed by atoms with van der Waals surface area (Å²) in [6.45, 7) is 5.78. The highest BCUT2D eigenvalue weighted by atomic mass is 19.4. The first-order valence-corrected chi connectivity index (χ1v) is 10.1. The Morgan fingerprint density at radius 3 is 2.17 bits per heavy atom. The van der Waals surface area contributed by atoms with Crippen LogP contribution < -0.4 is 0 Å². The maximum absolute atomic E-state index is 13.1. The third-order valence-electron chi connectivity index (χ3n) is 5.49. The molecule has 3 rings (SSSR count). The first-order chi connectivity index (χ1) is 13.9. The molecule has 1 aliphatic rings. The summed E-state index contributed by atoms with van der Waals surface area (Å²) >= 11 is 0. The maximum atomic E-state index is 13.1. The molecule has 0 aliphatic carbocycles. The molecule has 0 N–H and O–H groups in total. The number of hydrogen-bond donors (Lipinski definition) is 0. The van der Waals surface area contributed by atoms with Crippen LogP contribution in [-0.2, 0) is 30.4 Å². The molecule has 1 saturated heterocycles. The molecule has 0 radical (unpaired) electrons. The van der Waals surface area contributed by atoms with Gasteiger partial charge < -0.3 is 4.90 Å². The predicted octanol–water partition coefficient (Wildman–Crippen LogP) is 4.54. The summed E-state index contributed by atoms with van der Waals surface area (Å²) in [6.07, 6.45) is -3.15. The molecule has 1 aliphatic heterocycles. The van der Waals surface area contributed by atoms with E-state index in [-0.39, 0.29) is 24.3 Å². The van der Waals surface area contributed by atoms with Crippen molar-refractivity contribution in [2.75, 3.05) is 26.2 Å². The van der Waals surface area contributed by atoms with E-state index in [1.807, 2.05) is 0 Å². The van der Waals surface area contributed by atoms with Crippen molar-refractivity contribution in [2.24, 2.45) is 0 Å². The van der Waals surface area contributed by atoms with Gasteiger partial charge in [-0.2, -0.15) is 13.2 Å². The van der Waals surface area contributed by atoms with Crippen molar-refractivity contribution < 1.29 is 18.0 Å². The summed E-state index contributed by atoms with van der Waals surface area (Å²) < 4.78 is 39.3. The van der Waals surface area contributed by atoms with Gasteiger partial charge in [-0.05, 0) is 35.6 Å². The van der Waals surface area contributed by atoms with Crippen LogP contribution in [0.25, 0.3) is 0 Å². The van der Waals surface area contributed by atoms with Gasteiger partial charge in [0.05, 0.1) is 5.56 Å². The summed E-state index contributed by atoms with van der Waals surface area (Å²) in [5, 5.41) is 0. The third kappa shape index (κ3) is 5.82. The maximum Gasteiger partial charge on any atom is 0.416 e. The number of carbonyl (C=O) groups is 1. The number of aryl methyl sites for hydroxylation is 2. The minimum atomic E-state index is -4.39. The lowest BCUT2D eigenvalue weighted by molar-refractivity contribution is -0.139. The van der Waals surface area contributed by atoms with Gasteiger partial charge in [-0.25, -0.2) is 0 Å². The second-order valence-electron chi connectivity index (χ2n) is 7.48. The quantitative estimate of drug-likeness (QED) is 0.706. The standard InChI is InChI=1S/C23H27F3N2O/c1-2-18-7-9-19(10-8-18)17-27-13-15-28(16-14-27)22(29)12-11-20-5-3-4-6-21(20)23(24,25)26/h3-10H,2,11-17H2,1H3. The molecule has 1 heterocycles. The number of nitrogens with zero attached hydrogens (tertiary/aromatic N) is 2. The fourth-order valence-electron chi connectivity index (χ4n) is 3.71. The molecule has 0 spiro atoms. The minimum absolute atomic E-state index is 0.0751. The number of carbonyl (C=O) groups excluding carboxylic acids is 1. The topological polar surface area (TPSA) is 23.6 Å². The summed E-state index contributed by atoms with van der Waals surface area (Å²) in [5.41, 5.74) is 2.11. The first-order valence-electron chi connectivity index (χ1n) is 10.1. The Kier molecular flexibility index (Phi) is 6.96. The zero-order chi connectivity index (χ0) is 20.9. The highest BCUT2D eigenvalue weighted by Gasteiger charge is 2.33. The van der Waals surface area contributed by atoms with Gasteiger partial charge in [0, 0.05) is 39.1 Å². The van der Waals surface area contributed by atoms with Crippen LogP contribution in [0.5, 0.6) is 0 Å². The van der Waals surface area contributed by atoms with Crippen LogP contribution in [-0.4, -0.2) is 41.9 Å². The van der Waals surface area contributed by atoms with Crippen LogP contribution in [0, 0.1) is 0 Å². The van der Waals surface area contributed by atoms with E-state index in [9.17, 15) is 18.0 Å². The van der Waals surface area contributed by atoms with Gasteiger partial charge in [-0.15, -0.1) is 0 Å².